The molecule has 0 bridgehead atoms. The van der Waals surface area contributed by atoms with Crippen LogP contribution in [-0.4, -0.2) is 37.2 Å². The van der Waals surface area contributed by atoms with Gasteiger partial charge in [-0.15, -0.1) is 10.2 Å². The summed E-state index contributed by atoms with van der Waals surface area (Å²) in [4.78, 5) is 0. The highest BCUT2D eigenvalue weighted by atomic mass is 35.5. The summed E-state index contributed by atoms with van der Waals surface area (Å²) < 4.78 is 1.68. The van der Waals surface area contributed by atoms with E-state index in [2.05, 4.69) is 20.6 Å². The summed E-state index contributed by atoms with van der Waals surface area (Å²) in [6.45, 7) is 0. The molecule has 19 heavy (non-hydrogen) atoms. The normalized spacial score (nSPS) is 23.7. The van der Waals surface area contributed by atoms with Crippen LogP contribution in [0.5, 0.6) is 0 Å². The number of halogens is 1. The maximum Gasteiger partial charge on any atom is 0.177 e. The average molecular weight is 282 g/mol. The van der Waals surface area contributed by atoms with Gasteiger partial charge < -0.3 is 10.4 Å². The van der Waals surface area contributed by atoms with Gasteiger partial charge in [0.25, 0.3) is 0 Å². The van der Waals surface area contributed by atoms with Crippen LogP contribution in [0.15, 0.2) is 6.20 Å². The zero-order chi connectivity index (χ0) is 13.4. The summed E-state index contributed by atoms with van der Waals surface area (Å²) >= 11 is 6.04. The second-order valence-electron chi connectivity index (χ2n) is 4.97. The van der Waals surface area contributed by atoms with E-state index in [0.29, 0.717) is 11.0 Å². The summed E-state index contributed by atoms with van der Waals surface area (Å²) in [6, 6.07) is 0.0210. The van der Waals surface area contributed by atoms with Crippen molar-refractivity contribution in [1.82, 2.24) is 20.0 Å². The molecule has 6 nitrogen and oxygen atoms in total. The topological polar surface area (TPSA) is 75.9 Å². The van der Waals surface area contributed by atoms with Crippen molar-refractivity contribution in [1.29, 1.82) is 0 Å². The fourth-order valence-corrected chi connectivity index (χ4v) is 2.87. The third-order valence-electron chi connectivity index (χ3n) is 3.68. The van der Waals surface area contributed by atoms with E-state index in [4.69, 9.17) is 11.6 Å². The standard InChI is InChI=1S/C12H16ClN5O/c1-18-10-7(6-14-18)12(17-16-11(10)13)15-8-4-2-3-5-9(8)19/h6,8-9,19H,2-5H2,1H3,(H,15,17)/t8?,9-/m1/s1. The molecule has 0 amide bonds. The maximum atomic E-state index is 10.0. The van der Waals surface area contributed by atoms with Gasteiger partial charge in [-0.1, -0.05) is 24.4 Å². The molecule has 2 N–H and O–H groups in total. The number of rotatable bonds is 2. The van der Waals surface area contributed by atoms with Crippen LogP contribution in [0.4, 0.5) is 5.82 Å². The summed E-state index contributed by atoms with van der Waals surface area (Å²) in [5.41, 5.74) is 0.754. The van der Waals surface area contributed by atoms with Crippen LogP contribution in [0.2, 0.25) is 5.15 Å². The molecule has 2 aromatic heterocycles. The fourth-order valence-electron chi connectivity index (χ4n) is 2.61. The summed E-state index contributed by atoms with van der Waals surface area (Å²) in [6.07, 6.45) is 5.34. The zero-order valence-corrected chi connectivity index (χ0v) is 11.4. The van der Waals surface area contributed by atoms with Crippen molar-refractivity contribution in [3.63, 3.8) is 0 Å². The Morgan fingerprint density at radius 3 is 2.95 bits per heavy atom. The molecule has 1 saturated carbocycles. The SMILES string of the molecule is Cn1ncc2c(NC3CCCC[C@H]3O)nnc(Cl)c21. The van der Waals surface area contributed by atoms with E-state index < -0.39 is 0 Å². The smallest absolute Gasteiger partial charge is 0.177 e. The first-order valence-electron chi connectivity index (χ1n) is 6.45. The van der Waals surface area contributed by atoms with E-state index in [-0.39, 0.29) is 12.1 Å². The highest BCUT2D eigenvalue weighted by Crippen LogP contribution is 2.28. The molecular weight excluding hydrogens is 266 g/mol. The number of aryl methyl sites for hydroxylation is 1. The van der Waals surface area contributed by atoms with Gasteiger partial charge in [0.05, 0.1) is 23.7 Å². The number of hydrogen-bond donors (Lipinski definition) is 2. The monoisotopic (exact) mass is 281 g/mol. The van der Waals surface area contributed by atoms with Crippen LogP contribution >= 0.6 is 11.6 Å². The highest BCUT2D eigenvalue weighted by molar-refractivity contribution is 6.34. The first-order valence-corrected chi connectivity index (χ1v) is 6.83. The van der Waals surface area contributed by atoms with Gasteiger partial charge in [0.2, 0.25) is 0 Å². The summed E-state index contributed by atoms with van der Waals surface area (Å²) in [5.74, 6) is 0.637. The van der Waals surface area contributed by atoms with Crippen molar-refractivity contribution >= 4 is 28.3 Å². The number of aliphatic hydroxyl groups is 1. The number of aliphatic hydroxyl groups excluding tert-OH is 1. The lowest BCUT2D eigenvalue weighted by atomic mass is 9.92. The molecule has 1 unspecified atom stereocenters. The summed E-state index contributed by atoms with van der Waals surface area (Å²) in [5, 5.41) is 26.7. The molecule has 102 valence electrons. The second-order valence-corrected chi connectivity index (χ2v) is 5.33. The maximum absolute atomic E-state index is 10.0. The van der Waals surface area contributed by atoms with Gasteiger partial charge in [0.1, 0.15) is 5.52 Å². The molecular formula is C12H16ClN5O. The predicted molar refractivity (Wildman–Crippen MR) is 73.2 cm³/mol. The van der Waals surface area contributed by atoms with Crippen LogP contribution < -0.4 is 5.32 Å². The lowest BCUT2D eigenvalue weighted by Crippen LogP contribution is -2.36. The average Bonchev–Trinajstić information content (AvgIpc) is 2.79. The van der Waals surface area contributed by atoms with E-state index in [1.165, 1.54) is 0 Å². The van der Waals surface area contributed by atoms with Gasteiger partial charge in [-0.05, 0) is 12.8 Å². The van der Waals surface area contributed by atoms with Crippen molar-refractivity contribution < 1.29 is 5.11 Å². The molecule has 3 rings (SSSR count). The Bertz CT molecular complexity index is 599. The van der Waals surface area contributed by atoms with E-state index in [1.54, 1.807) is 10.9 Å². The van der Waals surface area contributed by atoms with Gasteiger partial charge in [-0.3, -0.25) is 4.68 Å². The zero-order valence-electron chi connectivity index (χ0n) is 10.7. The molecule has 2 aromatic rings. The van der Waals surface area contributed by atoms with Crippen molar-refractivity contribution in [3.05, 3.63) is 11.3 Å². The van der Waals surface area contributed by atoms with Gasteiger partial charge in [0, 0.05) is 7.05 Å². The fraction of sp³-hybridized carbons (Fsp3) is 0.583. The molecule has 1 fully saturated rings. The molecule has 0 spiro atoms. The van der Waals surface area contributed by atoms with Gasteiger partial charge in [0.15, 0.2) is 11.0 Å². The molecule has 2 atom stereocenters. The largest absolute Gasteiger partial charge is 0.391 e. The molecule has 1 aliphatic carbocycles. The van der Waals surface area contributed by atoms with Crippen LogP contribution in [-0.2, 0) is 7.05 Å². The quantitative estimate of drug-likeness (QED) is 0.877. The first-order chi connectivity index (χ1) is 9.16. The Hall–Kier alpha value is -1.40. The van der Waals surface area contributed by atoms with Gasteiger partial charge in [-0.2, -0.15) is 5.10 Å². The Morgan fingerprint density at radius 2 is 2.16 bits per heavy atom. The Morgan fingerprint density at radius 1 is 1.37 bits per heavy atom. The van der Waals surface area contributed by atoms with Gasteiger partial charge >= 0.3 is 0 Å². The summed E-state index contributed by atoms with van der Waals surface area (Å²) in [7, 11) is 1.81. The number of nitrogens with one attached hydrogen (secondary N) is 1. The van der Waals surface area contributed by atoms with Crippen LogP contribution in [0, 0.1) is 0 Å². The Kier molecular flexibility index (Phi) is 3.28. The predicted octanol–water partition coefficient (Wildman–Crippen LogP) is 1.73. The van der Waals surface area contributed by atoms with E-state index in [1.807, 2.05) is 7.05 Å². The Balaban J connectivity index is 1.95. The number of nitrogens with zero attached hydrogens (tertiary/aromatic N) is 4. The molecule has 1 aliphatic rings. The highest BCUT2D eigenvalue weighted by Gasteiger charge is 2.24. The molecule has 7 heteroatoms. The van der Waals surface area contributed by atoms with Crippen molar-refractivity contribution in [2.24, 2.45) is 7.05 Å². The number of fused-ring (bicyclic) bond motifs is 1. The van der Waals surface area contributed by atoms with E-state index in [0.717, 1.165) is 36.6 Å². The molecule has 0 saturated heterocycles. The van der Waals surface area contributed by atoms with Crippen LogP contribution in [0.3, 0.4) is 0 Å². The minimum Gasteiger partial charge on any atom is -0.391 e. The molecule has 2 heterocycles. The Labute approximate surface area is 115 Å². The van der Waals surface area contributed by atoms with Crippen LogP contribution in [0.1, 0.15) is 25.7 Å². The number of anilines is 1. The first kappa shape index (κ1) is 12.6. The lowest BCUT2D eigenvalue weighted by Gasteiger charge is -2.28. The number of aromatic nitrogens is 4. The van der Waals surface area contributed by atoms with E-state index >= 15 is 0 Å². The van der Waals surface area contributed by atoms with Crippen molar-refractivity contribution in [2.45, 2.75) is 37.8 Å². The third-order valence-corrected chi connectivity index (χ3v) is 3.93. The van der Waals surface area contributed by atoms with Crippen LogP contribution in [0.25, 0.3) is 10.9 Å². The lowest BCUT2D eigenvalue weighted by molar-refractivity contribution is 0.116. The third kappa shape index (κ3) is 2.26. The van der Waals surface area contributed by atoms with Crippen molar-refractivity contribution in [2.75, 3.05) is 5.32 Å². The minimum absolute atomic E-state index is 0.0210. The second kappa shape index (κ2) is 4.94. The van der Waals surface area contributed by atoms with E-state index in [9.17, 15) is 5.11 Å². The minimum atomic E-state index is -0.335. The molecule has 0 aromatic carbocycles. The number of hydrogen-bond acceptors (Lipinski definition) is 5. The molecule has 0 radical (unpaired) electrons. The molecule has 0 aliphatic heterocycles. The van der Waals surface area contributed by atoms with Gasteiger partial charge in [-0.25, -0.2) is 0 Å². The van der Waals surface area contributed by atoms with Crippen molar-refractivity contribution in [3.8, 4) is 0 Å².